The van der Waals surface area contributed by atoms with Crippen LogP contribution in [0.1, 0.15) is 35.3 Å². The second-order valence-electron chi connectivity index (χ2n) is 7.21. The Morgan fingerprint density at radius 2 is 1.83 bits per heavy atom. The largest absolute Gasteiger partial charge is 0.379 e. The highest BCUT2D eigenvalue weighted by Gasteiger charge is 2.28. The smallest absolute Gasteiger partial charge is 0.187 e. The lowest BCUT2D eigenvalue weighted by atomic mass is 9.85. The molecular weight excluding hydrogens is 296 g/mol. The predicted octanol–water partition coefficient (Wildman–Crippen LogP) is 3.90. The highest BCUT2D eigenvalue weighted by Crippen LogP contribution is 2.32. The highest BCUT2D eigenvalue weighted by molar-refractivity contribution is 6.08. The van der Waals surface area contributed by atoms with Crippen molar-refractivity contribution in [1.29, 1.82) is 0 Å². The summed E-state index contributed by atoms with van der Waals surface area (Å²) in [5.74, 6) is 0.0250. The molecule has 124 valence electrons. The van der Waals surface area contributed by atoms with Crippen molar-refractivity contribution in [3.8, 4) is 0 Å². The van der Waals surface area contributed by atoms with Crippen LogP contribution >= 0.6 is 0 Å². The van der Waals surface area contributed by atoms with Gasteiger partial charge in [0.15, 0.2) is 5.78 Å². The molecule has 0 fully saturated rings. The summed E-state index contributed by atoms with van der Waals surface area (Å²) in [6.07, 6.45) is 2.67. The molecule has 3 nitrogen and oxygen atoms in total. The number of anilines is 1. The maximum absolute atomic E-state index is 12.6. The van der Waals surface area contributed by atoms with Crippen molar-refractivity contribution >= 4 is 17.2 Å². The fourth-order valence-electron chi connectivity index (χ4n) is 3.13. The van der Waals surface area contributed by atoms with Crippen LogP contribution in [0.15, 0.2) is 54.6 Å². The van der Waals surface area contributed by atoms with Gasteiger partial charge in [0.1, 0.15) is 0 Å². The summed E-state index contributed by atoms with van der Waals surface area (Å²) >= 11 is 0. The molecule has 1 N–H and O–H groups in total. The number of carbonyl (C=O) groups excluding carboxylic acids is 1. The van der Waals surface area contributed by atoms with Crippen LogP contribution in [0.4, 0.5) is 5.69 Å². The number of benzene rings is 2. The highest BCUT2D eigenvalue weighted by atomic mass is 16.1. The van der Waals surface area contributed by atoms with Gasteiger partial charge in [0.05, 0.1) is 0 Å². The summed E-state index contributed by atoms with van der Waals surface area (Å²) in [7, 11) is 4.06. The van der Waals surface area contributed by atoms with Crippen LogP contribution in [-0.4, -0.2) is 25.4 Å². The van der Waals surface area contributed by atoms with Gasteiger partial charge in [0.25, 0.3) is 0 Å². The third-order valence-corrected chi connectivity index (χ3v) is 4.34. The van der Waals surface area contributed by atoms with E-state index in [1.165, 1.54) is 5.56 Å². The van der Waals surface area contributed by atoms with E-state index in [4.69, 9.17) is 0 Å². The first-order chi connectivity index (χ1) is 11.4. The number of rotatable bonds is 3. The molecule has 0 saturated carbocycles. The van der Waals surface area contributed by atoms with E-state index >= 15 is 0 Å². The summed E-state index contributed by atoms with van der Waals surface area (Å²) in [5, 5.41) is 3.54. The Morgan fingerprint density at radius 1 is 1.12 bits per heavy atom. The third kappa shape index (κ3) is 3.35. The summed E-state index contributed by atoms with van der Waals surface area (Å²) in [4.78, 5) is 14.7. The lowest BCUT2D eigenvalue weighted by Gasteiger charge is -2.36. The molecule has 24 heavy (non-hydrogen) atoms. The maximum Gasteiger partial charge on any atom is 0.187 e. The minimum atomic E-state index is -0.0740. The van der Waals surface area contributed by atoms with Crippen molar-refractivity contribution < 1.29 is 4.79 Å². The molecule has 0 aliphatic carbocycles. The number of ketones is 1. The molecule has 1 aliphatic heterocycles. The number of hydrogen-bond acceptors (Lipinski definition) is 3. The lowest BCUT2D eigenvalue weighted by Crippen LogP contribution is -2.43. The second kappa shape index (κ2) is 6.16. The van der Waals surface area contributed by atoms with Crippen molar-refractivity contribution in [2.45, 2.75) is 25.8 Å². The molecule has 3 heteroatoms. The first-order valence-corrected chi connectivity index (χ1v) is 8.26. The average molecular weight is 320 g/mol. The number of allylic oxidation sites excluding steroid dienone is 1. The van der Waals surface area contributed by atoms with Crippen LogP contribution in [0.5, 0.6) is 0 Å². The Hall–Kier alpha value is -2.55. The zero-order chi connectivity index (χ0) is 17.3. The van der Waals surface area contributed by atoms with Gasteiger partial charge in [-0.1, -0.05) is 36.4 Å². The molecule has 3 rings (SSSR count). The van der Waals surface area contributed by atoms with Gasteiger partial charge in [0.2, 0.25) is 0 Å². The van der Waals surface area contributed by atoms with Gasteiger partial charge >= 0.3 is 0 Å². The topological polar surface area (TPSA) is 32.3 Å². The van der Waals surface area contributed by atoms with Crippen LogP contribution in [-0.2, 0) is 6.42 Å². The molecule has 0 radical (unpaired) electrons. The molecule has 1 heterocycles. The van der Waals surface area contributed by atoms with Gasteiger partial charge in [-0.2, -0.15) is 0 Å². The van der Waals surface area contributed by atoms with Gasteiger partial charge in [-0.15, -0.1) is 0 Å². The van der Waals surface area contributed by atoms with Crippen LogP contribution in [0.2, 0.25) is 0 Å². The standard InChI is InChI=1S/C21H24N2O/c1-21(2)14-16-10-11-17(23(3)4)12-18(16)19(22-21)13-20(24)15-8-6-5-7-9-15/h5-13,22H,14H2,1-4H3/b19-13-. The van der Waals surface area contributed by atoms with Gasteiger partial charge in [-0.05, 0) is 38.0 Å². The van der Waals surface area contributed by atoms with E-state index in [-0.39, 0.29) is 11.3 Å². The van der Waals surface area contributed by atoms with Gasteiger partial charge in [-0.25, -0.2) is 0 Å². The second-order valence-corrected chi connectivity index (χ2v) is 7.21. The molecular formula is C21H24N2O. The Balaban J connectivity index is 2.06. The molecule has 0 unspecified atom stereocenters. The van der Waals surface area contributed by atoms with E-state index in [9.17, 15) is 4.79 Å². The fraction of sp³-hybridized carbons (Fsp3) is 0.286. The van der Waals surface area contributed by atoms with Crippen LogP contribution in [0.3, 0.4) is 0 Å². The molecule has 0 bridgehead atoms. The molecule has 0 spiro atoms. The van der Waals surface area contributed by atoms with Crippen LogP contribution in [0, 0.1) is 0 Å². The Morgan fingerprint density at radius 3 is 2.50 bits per heavy atom. The molecule has 1 aliphatic rings. The van der Waals surface area contributed by atoms with Crippen molar-refractivity contribution in [1.82, 2.24) is 5.32 Å². The maximum atomic E-state index is 12.6. The number of fused-ring (bicyclic) bond motifs is 1. The number of nitrogens with zero attached hydrogens (tertiary/aromatic N) is 1. The minimum Gasteiger partial charge on any atom is -0.379 e. The number of hydrogen-bond donors (Lipinski definition) is 1. The van der Waals surface area contributed by atoms with E-state index in [0.717, 1.165) is 23.4 Å². The SMILES string of the molecule is CN(C)c1ccc2c(c1)/C(=C/C(=O)c1ccccc1)NC(C)(C)C2. The quantitative estimate of drug-likeness (QED) is 0.687. The van der Waals surface area contributed by atoms with Crippen molar-refractivity contribution in [2.24, 2.45) is 0 Å². The van der Waals surface area contributed by atoms with E-state index < -0.39 is 0 Å². The first-order valence-electron chi connectivity index (χ1n) is 8.26. The average Bonchev–Trinajstić information content (AvgIpc) is 2.54. The number of nitrogens with one attached hydrogen (secondary N) is 1. The van der Waals surface area contributed by atoms with Gasteiger partial charge < -0.3 is 10.2 Å². The summed E-state index contributed by atoms with van der Waals surface area (Å²) in [6, 6.07) is 15.9. The molecule has 0 amide bonds. The molecule has 2 aromatic rings. The number of carbonyl (C=O) groups is 1. The van der Waals surface area contributed by atoms with E-state index in [2.05, 4.69) is 42.3 Å². The molecule has 0 atom stereocenters. The first kappa shape index (κ1) is 16.3. The molecule has 0 saturated heterocycles. The summed E-state index contributed by atoms with van der Waals surface area (Å²) in [5.41, 5.74) is 5.06. The Bertz CT molecular complexity index is 789. The molecule has 2 aromatic carbocycles. The lowest BCUT2D eigenvalue weighted by molar-refractivity contribution is 0.104. The summed E-state index contributed by atoms with van der Waals surface area (Å²) < 4.78 is 0. The van der Waals surface area contributed by atoms with Crippen LogP contribution in [0.25, 0.3) is 5.70 Å². The monoisotopic (exact) mass is 320 g/mol. The fourth-order valence-corrected chi connectivity index (χ4v) is 3.13. The third-order valence-electron chi connectivity index (χ3n) is 4.34. The van der Waals surface area contributed by atoms with E-state index in [0.29, 0.717) is 5.56 Å². The Labute approximate surface area is 144 Å². The van der Waals surface area contributed by atoms with Crippen molar-refractivity contribution in [2.75, 3.05) is 19.0 Å². The van der Waals surface area contributed by atoms with Gasteiger partial charge in [-0.3, -0.25) is 4.79 Å². The molecule has 0 aromatic heterocycles. The predicted molar refractivity (Wildman–Crippen MR) is 100 cm³/mol. The van der Waals surface area contributed by atoms with Gasteiger partial charge in [0, 0.05) is 48.2 Å². The van der Waals surface area contributed by atoms with Crippen molar-refractivity contribution in [3.63, 3.8) is 0 Å². The zero-order valence-electron chi connectivity index (χ0n) is 14.8. The van der Waals surface area contributed by atoms with E-state index in [1.807, 2.05) is 44.4 Å². The van der Waals surface area contributed by atoms with E-state index in [1.54, 1.807) is 6.08 Å². The normalized spacial score (nSPS) is 17.1. The Kier molecular flexibility index (Phi) is 4.18. The minimum absolute atomic E-state index is 0.0250. The van der Waals surface area contributed by atoms with Crippen LogP contribution < -0.4 is 10.2 Å². The van der Waals surface area contributed by atoms with Crippen molar-refractivity contribution in [3.05, 3.63) is 71.3 Å². The zero-order valence-corrected chi connectivity index (χ0v) is 14.8. The summed E-state index contributed by atoms with van der Waals surface area (Å²) in [6.45, 7) is 4.33.